The monoisotopic (exact) mass is 1690 g/mol. The van der Waals surface area contributed by atoms with Crippen LogP contribution in [0.25, 0.3) is 11.6 Å². The average molecular weight is 1690 g/mol. The number of aromatic amines is 1. The number of nitrogens with zero attached hydrogens (tertiary/aromatic N) is 2. The van der Waals surface area contributed by atoms with Gasteiger partial charge >= 0.3 is 12.1 Å². The number of aliphatic hydroxyl groups excluding tert-OH is 2. The predicted molar refractivity (Wildman–Crippen MR) is 449 cm³/mol. The number of nitrogens with one attached hydrogen (secondary N) is 12. The molecule has 1 aromatic heterocycles. The van der Waals surface area contributed by atoms with E-state index in [2.05, 4.69) is 68.4 Å². The first-order chi connectivity index (χ1) is 57.2. The quantitative estimate of drug-likeness (QED) is 0.0225. The number of amides is 13. The van der Waals surface area contributed by atoms with Crippen molar-refractivity contribution in [1.29, 1.82) is 0 Å². The fraction of sp³-hybridized carbons (Fsp3) is 0.548. The van der Waals surface area contributed by atoms with E-state index in [1.807, 2.05) is 34.6 Å². The maximum Gasteiger partial charge on any atom is 0.427 e. The maximum atomic E-state index is 15.2. The van der Waals surface area contributed by atoms with Gasteiger partial charge in [-0.2, -0.15) is 0 Å². The van der Waals surface area contributed by atoms with Crippen molar-refractivity contribution in [2.24, 2.45) is 40.7 Å². The van der Waals surface area contributed by atoms with E-state index in [1.165, 1.54) is 39.0 Å². The Balaban J connectivity index is 1.23. The van der Waals surface area contributed by atoms with Crippen LogP contribution in [-0.2, 0) is 80.7 Å². The van der Waals surface area contributed by atoms with Gasteiger partial charge in [-0.05, 0) is 159 Å². The van der Waals surface area contributed by atoms with Crippen LogP contribution in [0.1, 0.15) is 171 Å². The number of hydrogen-bond donors (Lipinski definition) is 18. The Morgan fingerprint density at radius 3 is 1.86 bits per heavy atom. The van der Waals surface area contributed by atoms with Crippen molar-refractivity contribution < 1.29 is 91.2 Å². The first kappa shape index (κ1) is 98.7. The van der Waals surface area contributed by atoms with E-state index < -0.39 is 186 Å². The van der Waals surface area contributed by atoms with Gasteiger partial charge in [0.25, 0.3) is 11.8 Å². The van der Waals surface area contributed by atoms with Crippen LogP contribution < -0.4 is 91.1 Å². The lowest BCUT2D eigenvalue weighted by Crippen LogP contribution is -2.61. The number of aryl methyl sites for hydroxylation is 1. The molecule has 1 saturated heterocycles. The number of rotatable bonds is 33. The lowest BCUT2D eigenvalue weighted by molar-refractivity contribution is -0.153. The summed E-state index contributed by atoms with van der Waals surface area (Å²) in [6.45, 7) is 22.4. The second-order valence-corrected chi connectivity index (χ2v) is 31.8. The number of nitrogens with two attached hydrogens (primary N) is 4. The molecular formula is C84H123FN18O18. The molecule has 1 fully saturated rings. The van der Waals surface area contributed by atoms with Crippen molar-refractivity contribution in [3.05, 3.63) is 117 Å². The van der Waals surface area contributed by atoms with E-state index in [0.29, 0.717) is 46.7 Å². The third-order valence-electron chi connectivity index (χ3n) is 21.0. The topological polar surface area (TPSA) is 557 Å². The molecule has 0 radical (unpaired) electrons. The number of likely N-dealkylation sites (N-methyl/N-ethyl adjacent to an activating group) is 1. The first-order valence-corrected chi connectivity index (χ1v) is 41.0. The van der Waals surface area contributed by atoms with Crippen LogP contribution in [0.3, 0.4) is 0 Å². The summed E-state index contributed by atoms with van der Waals surface area (Å²) in [4.78, 5) is 207. The van der Waals surface area contributed by atoms with Gasteiger partial charge in [0.15, 0.2) is 0 Å². The number of benzene rings is 3. The number of para-hydroxylation sites is 1. The zero-order valence-corrected chi connectivity index (χ0v) is 71.2. The number of imide groups is 1. The molecule has 664 valence electrons. The van der Waals surface area contributed by atoms with E-state index >= 15 is 4.39 Å². The van der Waals surface area contributed by atoms with Gasteiger partial charge in [-0.25, -0.2) is 14.1 Å². The van der Waals surface area contributed by atoms with Crippen LogP contribution in [0.2, 0.25) is 0 Å². The number of carbonyl (C=O) groups is 14. The number of H-pyrrole nitrogens is 1. The number of anilines is 1. The number of hydrogen-bond acceptors (Lipinski definition) is 23. The van der Waals surface area contributed by atoms with Gasteiger partial charge in [0.05, 0.1) is 34.9 Å². The molecule has 37 heteroatoms. The summed E-state index contributed by atoms with van der Waals surface area (Å²) in [5.74, 6) is -15.7. The predicted octanol–water partition coefficient (Wildman–Crippen LogP) is 0.260. The maximum absolute atomic E-state index is 15.2. The Morgan fingerprint density at radius 2 is 1.27 bits per heavy atom. The Labute approximate surface area is 704 Å². The minimum absolute atomic E-state index is 0.00469. The highest BCUT2D eigenvalue weighted by molar-refractivity contribution is 6.41. The second kappa shape index (κ2) is 46.6. The summed E-state index contributed by atoms with van der Waals surface area (Å²) in [5.41, 5.74) is 25.8. The van der Waals surface area contributed by atoms with Crippen molar-refractivity contribution >= 4 is 100 Å². The van der Waals surface area contributed by atoms with Crippen molar-refractivity contribution in [1.82, 2.24) is 68.4 Å². The van der Waals surface area contributed by atoms with Gasteiger partial charge in [0, 0.05) is 60.1 Å². The van der Waals surface area contributed by atoms with Gasteiger partial charge in [-0.1, -0.05) is 111 Å². The minimum atomic E-state index is -1.85. The number of esters is 1. The molecule has 2 unspecified atom stereocenters. The smallest absolute Gasteiger partial charge is 0.427 e. The molecule has 2 aliphatic heterocycles. The molecule has 0 aliphatic carbocycles. The SMILES string of the molecule is CCN(CC)CCNC(=O)c1c(C)[nH]c(/C=C2\C(=O)N(C(=O)Oc3c(COC(=O)C(C)C(C)C(=O)N[C@H](C(=O)N[C@H](CCN)C(=O)N[C@H]4CCNC(=O)[C@@H]([C@@H](C)O)NC(=O)[C@@H](CCN)NC(=O)[C@@H](CCN)NC(=O)[C@@H](CC(C)C)NC(=O)[C@@H](Cc5ccccc5)NC(=O)[C@@H](CCCN)NC4=O)[C@@H](C)O)cccc3C(C)(C)C)c3ccc(F)cc32)c1C. The summed E-state index contributed by atoms with van der Waals surface area (Å²) in [6, 6.07) is 2.56. The third-order valence-corrected chi connectivity index (χ3v) is 21.0. The summed E-state index contributed by atoms with van der Waals surface area (Å²) in [7, 11) is 0. The molecule has 3 heterocycles. The molecule has 6 rings (SSSR count). The normalized spacial score (nSPS) is 20.5. The molecule has 0 bridgehead atoms. The van der Waals surface area contributed by atoms with E-state index in [4.69, 9.17) is 32.4 Å². The molecule has 36 nitrogen and oxygen atoms in total. The highest BCUT2D eigenvalue weighted by Gasteiger charge is 2.43. The van der Waals surface area contributed by atoms with Crippen LogP contribution in [-0.4, -0.2) is 229 Å². The fourth-order valence-corrected chi connectivity index (χ4v) is 13.8. The molecule has 3 aromatic carbocycles. The summed E-state index contributed by atoms with van der Waals surface area (Å²) in [5, 5.41) is 50.6. The summed E-state index contributed by atoms with van der Waals surface area (Å²) < 4.78 is 27.1. The van der Waals surface area contributed by atoms with Crippen molar-refractivity contribution in [3.8, 4) is 5.75 Å². The molecule has 13 amide bonds. The van der Waals surface area contributed by atoms with Crippen molar-refractivity contribution in [2.45, 2.75) is 220 Å². The van der Waals surface area contributed by atoms with Crippen LogP contribution in [0.4, 0.5) is 14.9 Å². The molecule has 0 spiro atoms. The molecule has 13 atom stereocenters. The zero-order chi connectivity index (χ0) is 89.9. The minimum Gasteiger partial charge on any atom is -0.460 e. The van der Waals surface area contributed by atoms with Crippen LogP contribution in [0, 0.1) is 37.4 Å². The third kappa shape index (κ3) is 27.7. The number of halogens is 1. The molecule has 121 heavy (non-hydrogen) atoms. The lowest BCUT2D eigenvalue weighted by atomic mass is 9.85. The second-order valence-electron chi connectivity index (χ2n) is 31.8. The van der Waals surface area contributed by atoms with Gasteiger partial charge < -0.3 is 111 Å². The largest absolute Gasteiger partial charge is 0.460 e. The molecule has 0 saturated carbocycles. The van der Waals surface area contributed by atoms with Crippen molar-refractivity contribution in [3.63, 3.8) is 0 Å². The fourth-order valence-electron chi connectivity index (χ4n) is 13.8. The summed E-state index contributed by atoms with van der Waals surface area (Å²) in [6.07, 6.45) is -4.53. The van der Waals surface area contributed by atoms with E-state index in [-0.39, 0.29) is 111 Å². The number of fused-ring (bicyclic) bond motifs is 1. The van der Waals surface area contributed by atoms with Crippen molar-refractivity contribution in [2.75, 3.05) is 63.8 Å². The standard InChI is InChI=1S/C84H123FN18O18/c1-14-102(15-2)38-37-91-78(114)66-47(7)62(92-48(66)8)42-55-54-41-53(85)26-27-65(54)103(81(55)117)83(119)121-69-52(23-19-24-56(69)84(11,12)13)43-120-82(118)46(6)45(5)70(106)100-68(50(10)105)80(116)97-59(29-34-88)73(109)96-61-31-36-90-79(115)67(49(9)104)101-75(111)60(30-35-89)94-72(108)58(28-33-87)95-76(112)63(39-44(3)4)98-77(113)64(40-51-21-17-16-18-22-51)99-71(107)57(25-20-32-86)93-74(61)110/h16-19,21-24,26-27,41-42,44-46,49-50,57-61,63-64,67-68,92,104-105H,14-15,20,25,28-40,43,86-89H2,1-13H3,(H,90,115)(H,91,114)(H,93,110)(H,94,108)(H,95,112)(H,96,109)(H,97,116)(H,98,113)(H,99,107)(H,100,106)(H,101,111)/b55-42-/t45?,46?,49-,50-,57-,58-,59-,60-,61+,63-,64-,67-,68+/m1/s1. The van der Waals surface area contributed by atoms with Crippen LogP contribution in [0.5, 0.6) is 5.75 Å². The van der Waals surface area contributed by atoms with E-state index in [0.717, 1.165) is 37.0 Å². The number of aromatic nitrogens is 1. The highest BCUT2D eigenvalue weighted by Crippen LogP contribution is 2.41. The van der Waals surface area contributed by atoms with Crippen LogP contribution in [0.15, 0.2) is 66.7 Å². The molecule has 2 aliphatic rings. The Hall–Kier alpha value is -11.1. The Kier molecular flexibility index (Phi) is 38.1. The van der Waals surface area contributed by atoms with Gasteiger partial charge in [-0.15, -0.1) is 0 Å². The molecular weight excluding hydrogens is 1570 g/mol. The Bertz CT molecular complexity index is 4360. The van der Waals surface area contributed by atoms with Gasteiger partial charge in [0.1, 0.15) is 72.6 Å². The van der Waals surface area contributed by atoms with Gasteiger partial charge in [-0.3, -0.25) is 62.3 Å². The summed E-state index contributed by atoms with van der Waals surface area (Å²) >= 11 is 0. The Morgan fingerprint density at radius 1 is 0.678 bits per heavy atom. The molecule has 4 aromatic rings. The van der Waals surface area contributed by atoms with E-state index in [1.54, 1.807) is 70.2 Å². The number of ether oxygens (including phenoxy) is 2. The van der Waals surface area contributed by atoms with E-state index in [9.17, 15) is 77.3 Å². The lowest BCUT2D eigenvalue weighted by Gasteiger charge is -2.29. The van der Waals surface area contributed by atoms with Crippen LogP contribution >= 0.6 is 0 Å². The highest BCUT2D eigenvalue weighted by atomic mass is 19.1. The number of carbonyl (C=O) groups excluding carboxylic acids is 14. The average Bonchev–Trinajstić information content (AvgIpc) is 1.60. The zero-order valence-electron chi connectivity index (χ0n) is 71.2. The molecule has 22 N–H and O–H groups in total. The first-order valence-electron chi connectivity index (χ1n) is 41.0. The van der Waals surface area contributed by atoms with Gasteiger partial charge in [0.2, 0.25) is 59.1 Å². The number of aliphatic hydroxyl groups is 2.